The molecule has 1 atom stereocenters. The number of rotatable bonds is 11. The molecule has 0 aliphatic carbocycles. The Balaban J connectivity index is 2.34. The van der Waals surface area contributed by atoms with E-state index in [0.717, 1.165) is 25.9 Å². The minimum atomic E-state index is -0.579. The summed E-state index contributed by atoms with van der Waals surface area (Å²) >= 11 is 0. The Hall–Kier alpha value is -2.08. The van der Waals surface area contributed by atoms with Crippen LogP contribution in [-0.2, 0) is 9.53 Å². The molecule has 0 fully saturated rings. The number of nitrogens with one attached hydrogen (secondary N) is 3. The summed E-state index contributed by atoms with van der Waals surface area (Å²) in [5.41, 5.74) is 0.687. The van der Waals surface area contributed by atoms with Crippen LogP contribution in [0.4, 0.5) is 10.5 Å². The van der Waals surface area contributed by atoms with E-state index in [-0.39, 0.29) is 17.9 Å². The SMILES string of the molecule is CCCCOCCCNC(=O)C(NC(=O)Nc1ccccc1)C(C)C. The van der Waals surface area contributed by atoms with Crippen molar-refractivity contribution in [2.24, 2.45) is 5.92 Å². The molecule has 0 heterocycles. The molecule has 0 aliphatic heterocycles. The van der Waals surface area contributed by atoms with Crippen LogP contribution in [0.5, 0.6) is 0 Å². The van der Waals surface area contributed by atoms with E-state index in [1.807, 2.05) is 32.0 Å². The first-order chi connectivity index (χ1) is 12.0. The largest absolute Gasteiger partial charge is 0.381 e. The molecular weight excluding hydrogens is 318 g/mol. The molecule has 0 saturated carbocycles. The number of unbranched alkanes of at least 4 members (excludes halogenated alkanes) is 1. The van der Waals surface area contributed by atoms with Crippen molar-refractivity contribution in [2.45, 2.75) is 46.1 Å². The quantitative estimate of drug-likeness (QED) is 0.537. The van der Waals surface area contributed by atoms with Crippen LogP contribution in [0, 0.1) is 5.92 Å². The van der Waals surface area contributed by atoms with Crippen LogP contribution in [0.2, 0.25) is 0 Å². The number of amides is 3. The van der Waals surface area contributed by atoms with Crippen molar-refractivity contribution in [3.63, 3.8) is 0 Å². The average molecular weight is 349 g/mol. The van der Waals surface area contributed by atoms with Gasteiger partial charge in [0.25, 0.3) is 0 Å². The number of carbonyl (C=O) groups is 2. The normalized spacial score (nSPS) is 11.8. The van der Waals surface area contributed by atoms with E-state index in [1.54, 1.807) is 12.1 Å². The van der Waals surface area contributed by atoms with Gasteiger partial charge in [-0.1, -0.05) is 45.4 Å². The Morgan fingerprint density at radius 1 is 1.08 bits per heavy atom. The van der Waals surface area contributed by atoms with E-state index in [2.05, 4.69) is 22.9 Å². The summed E-state index contributed by atoms with van der Waals surface area (Å²) in [7, 11) is 0. The number of benzene rings is 1. The predicted molar refractivity (Wildman–Crippen MR) is 101 cm³/mol. The highest BCUT2D eigenvalue weighted by atomic mass is 16.5. The van der Waals surface area contributed by atoms with Crippen molar-refractivity contribution in [3.8, 4) is 0 Å². The molecule has 0 spiro atoms. The maximum absolute atomic E-state index is 12.3. The van der Waals surface area contributed by atoms with Crippen LogP contribution < -0.4 is 16.0 Å². The van der Waals surface area contributed by atoms with Gasteiger partial charge in [-0.15, -0.1) is 0 Å². The molecule has 0 saturated heterocycles. The molecule has 1 rings (SSSR count). The second-order valence-electron chi connectivity index (χ2n) is 6.30. The van der Waals surface area contributed by atoms with Gasteiger partial charge in [-0.05, 0) is 30.9 Å². The zero-order valence-corrected chi connectivity index (χ0v) is 15.5. The van der Waals surface area contributed by atoms with Gasteiger partial charge in [-0.3, -0.25) is 4.79 Å². The van der Waals surface area contributed by atoms with Crippen LogP contribution in [0.15, 0.2) is 30.3 Å². The third-order valence-corrected chi connectivity index (χ3v) is 3.67. The first-order valence-electron chi connectivity index (χ1n) is 9.02. The second kappa shape index (κ2) is 12.3. The molecule has 1 unspecified atom stereocenters. The Labute approximate surface area is 150 Å². The molecule has 0 radical (unpaired) electrons. The summed E-state index contributed by atoms with van der Waals surface area (Å²) in [6, 6.07) is 8.17. The molecule has 1 aromatic rings. The standard InChI is InChI=1S/C19H31N3O3/c1-4-5-13-25-14-9-12-20-18(23)17(15(2)3)22-19(24)21-16-10-7-6-8-11-16/h6-8,10-11,15,17H,4-5,9,12-14H2,1-3H3,(H,20,23)(H2,21,22,24). The minimum Gasteiger partial charge on any atom is -0.381 e. The summed E-state index contributed by atoms with van der Waals surface area (Å²) in [5, 5.41) is 8.33. The number of ether oxygens (including phenoxy) is 1. The third kappa shape index (κ3) is 9.10. The first-order valence-corrected chi connectivity index (χ1v) is 9.02. The highest BCUT2D eigenvalue weighted by molar-refractivity contribution is 5.93. The monoisotopic (exact) mass is 349 g/mol. The lowest BCUT2D eigenvalue weighted by atomic mass is 10.0. The summed E-state index contributed by atoms with van der Waals surface area (Å²) in [6.45, 7) is 7.86. The Morgan fingerprint density at radius 2 is 1.76 bits per heavy atom. The van der Waals surface area contributed by atoms with E-state index in [9.17, 15) is 9.59 Å². The number of hydrogen-bond donors (Lipinski definition) is 3. The van der Waals surface area contributed by atoms with Crippen LogP contribution in [-0.4, -0.2) is 37.7 Å². The van der Waals surface area contributed by atoms with Gasteiger partial charge in [0.1, 0.15) is 6.04 Å². The predicted octanol–water partition coefficient (Wildman–Crippen LogP) is 3.16. The van der Waals surface area contributed by atoms with Crippen LogP contribution in [0.3, 0.4) is 0 Å². The van der Waals surface area contributed by atoms with E-state index in [1.165, 1.54) is 0 Å². The zero-order chi connectivity index (χ0) is 18.5. The summed E-state index contributed by atoms with van der Waals surface area (Å²) < 4.78 is 5.46. The fourth-order valence-electron chi connectivity index (χ4n) is 2.21. The third-order valence-electron chi connectivity index (χ3n) is 3.67. The highest BCUT2D eigenvalue weighted by Crippen LogP contribution is 2.06. The van der Waals surface area contributed by atoms with Crippen molar-refractivity contribution >= 4 is 17.6 Å². The molecule has 0 aromatic heterocycles. The highest BCUT2D eigenvalue weighted by Gasteiger charge is 2.23. The molecule has 6 nitrogen and oxygen atoms in total. The number of urea groups is 1. The number of para-hydroxylation sites is 1. The van der Waals surface area contributed by atoms with E-state index < -0.39 is 6.04 Å². The van der Waals surface area contributed by atoms with E-state index in [0.29, 0.717) is 18.8 Å². The number of anilines is 1. The van der Waals surface area contributed by atoms with Crippen molar-refractivity contribution < 1.29 is 14.3 Å². The van der Waals surface area contributed by atoms with Crippen LogP contribution >= 0.6 is 0 Å². The van der Waals surface area contributed by atoms with Crippen molar-refractivity contribution in [1.29, 1.82) is 0 Å². The maximum Gasteiger partial charge on any atom is 0.319 e. The zero-order valence-electron chi connectivity index (χ0n) is 15.5. The molecule has 3 N–H and O–H groups in total. The molecule has 140 valence electrons. The topological polar surface area (TPSA) is 79.5 Å². The maximum atomic E-state index is 12.3. The van der Waals surface area contributed by atoms with Gasteiger partial charge in [0.05, 0.1) is 0 Å². The molecule has 0 bridgehead atoms. The lowest BCUT2D eigenvalue weighted by Crippen LogP contribution is -2.51. The van der Waals surface area contributed by atoms with Crippen LogP contribution in [0.25, 0.3) is 0 Å². The molecule has 3 amide bonds. The number of carbonyl (C=O) groups excluding carboxylic acids is 2. The van der Waals surface area contributed by atoms with Crippen LogP contribution in [0.1, 0.15) is 40.0 Å². The first kappa shape index (κ1) is 21.0. The Bertz CT molecular complexity index is 506. The minimum absolute atomic E-state index is 0.0117. The lowest BCUT2D eigenvalue weighted by molar-refractivity contribution is -0.123. The molecular formula is C19H31N3O3. The summed E-state index contributed by atoms with van der Waals surface area (Å²) in [5.74, 6) is -0.186. The molecule has 25 heavy (non-hydrogen) atoms. The van der Waals surface area contributed by atoms with Gasteiger partial charge < -0.3 is 20.7 Å². The second-order valence-corrected chi connectivity index (χ2v) is 6.30. The van der Waals surface area contributed by atoms with Crippen molar-refractivity contribution in [1.82, 2.24) is 10.6 Å². The van der Waals surface area contributed by atoms with E-state index >= 15 is 0 Å². The fourth-order valence-corrected chi connectivity index (χ4v) is 2.21. The summed E-state index contributed by atoms with van der Waals surface area (Å²) in [4.78, 5) is 24.4. The van der Waals surface area contributed by atoms with Gasteiger partial charge in [0.15, 0.2) is 0 Å². The smallest absolute Gasteiger partial charge is 0.319 e. The van der Waals surface area contributed by atoms with Gasteiger partial charge >= 0.3 is 6.03 Å². The average Bonchev–Trinajstić information content (AvgIpc) is 2.59. The van der Waals surface area contributed by atoms with Gasteiger partial charge in [-0.25, -0.2) is 4.79 Å². The van der Waals surface area contributed by atoms with Gasteiger partial charge in [0, 0.05) is 25.4 Å². The molecule has 6 heteroatoms. The van der Waals surface area contributed by atoms with Gasteiger partial charge in [-0.2, -0.15) is 0 Å². The Kier molecular flexibility index (Phi) is 10.3. The molecule has 0 aliphatic rings. The van der Waals surface area contributed by atoms with Crippen molar-refractivity contribution in [3.05, 3.63) is 30.3 Å². The van der Waals surface area contributed by atoms with E-state index in [4.69, 9.17) is 4.74 Å². The van der Waals surface area contributed by atoms with Crippen molar-refractivity contribution in [2.75, 3.05) is 25.1 Å². The number of hydrogen-bond acceptors (Lipinski definition) is 3. The fraction of sp³-hybridized carbons (Fsp3) is 0.579. The Morgan fingerprint density at radius 3 is 2.40 bits per heavy atom. The summed E-state index contributed by atoms with van der Waals surface area (Å²) in [6.07, 6.45) is 2.93. The lowest BCUT2D eigenvalue weighted by Gasteiger charge is -2.22. The molecule has 1 aromatic carbocycles. The van der Waals surface area contributed by atoms with Gasteiger partial charge in [0.2, 0.25) is 5.91 Å².